The topological polar surface area (TPSA) is 16.1 Å². The zero-order valence-corrected chi connectivity index (χ0v) is 30.2. The van der Waals surface area contributed by atoms with Crippen LogP contribution in [0, 0.1) is 0 Å². The van der Waals surface area contributed by atoms with Gasteiger partial charge in [-0.15, -0.1) is 11.3 Å². The Morgan fingerprint density at radius 3 is 1.26 bits per heavy atom. The summed E-state index contributed by atoms with van der Waals surface area (Å²) in [4.78, 5) is 7.97. The smallest absolute Gasteiger partial charge is 0.123 e. The maximum absolute atomic E-state index is 4.56. The number of thiophene rings is 1. The van der Waals surface area contributed by atoms with Gasteiger partial charge in [-0.3, -0.25) is 0 Å². The molecule has 0 atom stereocenters. The van der Waals surface area contributed by atoms with Gasteiger partial charge in [0.15, 0.2) is 0 Å². The van der Waals surface area contributed by atoms with Crippen LogP contribution in [0.15, 0.2) is 206 Å². The number of anilines is 3. The minimum absolute atomic E-state index is 1.06. The van der Waals surface area contributed by atoms with E-state index in [0.717, 1.165) is 21.9 Å². The monoisotopic (exact) mass is 706 g/mol. The molecule has 0 unspecified atom stereocenters. The van der Waals surface area contributed by atoms with Crippen LogP contribution in [0.3, 0.4) is 0 Å². The number of hydrogen-bond donors (Lipinski definition) is 0. The molecule has 0 saturated carbocycles. The lowest BCUT2D eigenvalue weighted by atomic mass is 9.98. The predicted molar refractivity (Wildman–Crippen MR) is 231 cm³/mol. The quantitative estimate of drug-likeness (QED) is 0.164. The molecular formula is C51H34N2S. The molecule has 2 nitrogen and oxygen atoms in total. The zero-order chi connectivity index (χ0) is 35.8. The average Bonchev–Trinajstić information content (AvgIpc) is 3.69. The van der Waals surface area contributed by atoms with Gasteiger partial charge in [0.2, 0.25) is 0 Å². The normalized spacial score (nSPS) is 11.3. The van der Waals surface area contributed by atoms with Crippen molar-refractivity contribution in [3.8, 4) is 44.5 Å². The highest BCUT2D eigenvalue weighted by Crippen LogP contribution is 2.39. The molecule has 2 heterocycles. The van der Waals surface area contributed by atoms with Gasteiger partial charge >= 0.3 is 0 Å². The van der Waals surface area contributed by atoms with E-state index in [1.54, 1.807) is 11.3 Å². The van der Waals surface area contributed by atoms with Gasteiger partial charge in [-0.05, 0) is 121 Å². The zero-order valence-electron chi connectivity index (χ0n) is 29.4. The second-order valence-corrected chi connectivity index (χ2v) is 14.5. The third-order valence-corrected chi connectivity index (χ3v) is 11.3. The van der Waals surface area contributed by atoms with E-state index in [-0.39, 0.29) is 0 Å². The van der Waals surface area contributed by atoms with E-state index in [1.165, 1.54) is 71.4 Å². The van der Waals surface area contributed by atoms with Crippen LogP contribution < -0.4 is 4.90 Å². The van der Waals surface area contributed by atoms with Crippen LogP contribution in [0.1, 0.15) is 0 Å². The van der Waals surface area contributed by atoms with Crippen molar-refractivity contribution in [2.24, 2.45) is 0 Å². The fraction of sp³-hybridized carbons (Fsp3) is 0. The predicted octanol–water partition coefficient (Wildman–Crippen LogP) is 14.7. The molecule has 0 aliphatic carbocycles. The van der Waals surface area contributed by atoms with Gasteiger partial charge in [-0.1, -0.05) is 133 Å². The molecule has 0 fully saturated rings. The van der Waals surface area contributed by atoms with Gasteiger partial charge in [0.05, 0.1) is 0 Å². The molecule has 0 amide bonds. The highest BCUT2D eigenvalue weighted by atomic mass is 32.1. The lowest BCUT2D eigenvalue weighted by Crippen LogP contribution is -2.09. The first kappa shape index (κ1) is 31.9. The summed E-state index contributed by atoms with van der Waals surface area (Å²) in [6, 6.07) is 70.3. The van der Waals surface area contributed by atoms with Gasteiger partial charge < -0.3 is 4.90 Å². The van der Waals surface area contributed by atoms with E-state index in [4.69, 9.17) is 0 Å². The van der Waals surface area contributed by atoms with Gasteiger partial charge in [0.1, 0.15) is 4.83 Å². The van der Waals surface area contributed by atoms with Crippen molar-refractivity contribution in [3.63, 3.8) is 0 Å². The Kier molecular flexibility index (Phi) is 8.05. The Hall–Kier alpha value is -6.81. The summed E-state index contributed by atoms with van der Waals surface area (Å²) < 4.78 is 0. The van der Waals surface area contributed by atoms with Crippen molar-refractivity contribution in [1.29, 1.82) is 0 Å². The van der Waals surface area contributed by atoms with Crippen LogP contribution in [-0.2, 0) is 0 Å². The van der Waals surface area contributed by atoms with E-state index in [2.05, 4.69) is 203 Å². The molecule has 54 heavy (non-hydrogen) atoms. The number of fused-ring (bicyclic) bond motifs is 3. The Morgan fingerprint density at radius 2 is 0.759 bits per heavy atom. The molecule has 8 aromatic carbocycles. The fourth-order valence-electron chi connectivity index (χ4n) is 7.53. The van der Waals surface area contributed by atoms with Crippen molar-refractivity contribution in [1.82, 2.24) is 4.98 Å². The second kappa shape index (κ2) is 13.6. The Bertz CT molecular complexity index is 2910. The molecular weight excluding hydrogens is 673 g/mol. The highest BCUT2D eigenvalue weighted by molar-refractivity contribution is 7.17. The SMILES string of the molecule is c1ccc2cc(-c3ccc(-c4ccc(N(c5ccc(-c6ccc7ccccc7c6)cc5)c5ccc(-c6csc7ncccc67)cc5)cc4)cc3)ccc2c1. The third-order valence-electron chi connectivity index (χ3n) is 10.4. The standard InChI is InChI=1S/C51H34N2S/c1-3-8-42-32-44(17-15-35(42)6-1)39-13-11-37(12-14-39)38-19-25-46(26-20-38)53(48-29-23-41(24-30-48)50-34-54-51-49(50)10-5-31-52-51)47-27-21-40(22-28-47)45-18-16-36-7-2-4-9-43(36)33-45/h1-34H. The fourth-order valence-corrected chi connectivity index (χ4v) is 8.45. The van der Waals surface area contributed by atoms with Crippen molar-refractivity contribution < 1.29 is 0 Å². The maximum Gasteiger partial charge on any atom is 0.123 e. The van der Waals surface area contributed by atoms with Crippen molar-refractivity contribution in [2.45, 2.75) is 0 Å². The first-order chi connectivity index (χ1) is 26.7. The summed E-state index contributed by atoms with van der Waals surface area (Å²) >= 11 is 1.69. The number of pyridine rings is 1. The van der Waals surface area contributed by atoms with Gasteiger partial charge in [0, 0.05) is 39.6 Å². The van der Waals surface area contributed by atoms with Crippen LogP contribution in [-0.4, -0.2) is 4.98 Å². The van der Waals surface area contributed by atoms with Crippen LogP contribution >= 0.6 is 11.3 Å². The summed E-state index contributed by atoms with van der Waals surface area (Å²) in [6.45, 7) is 0. The molecule has 0 N–H and O–H groups in total. The Labute approximate surface area is 318 Å². The third kappa shape index (κ3) is 6.01. The van der Waals surface area contributed by atoms with Crippen molar-refractivity contribution in [2.75, 3.05) is 4.90 Å². The lowest BCUT2D eigenvalue weighted by Gasteiger charge is -2.26. The molecule has 254 valence electrons. The minimum atomic E-state index is 1.06. The maximum atomic E-state index is 4.56. The summed E-state index contributed by atoms with van der Waals surface area (Å²) in [7, 11) is 0. The molecule has 0 radical (unpaired) electrons. The first-order valence-electron chi connectivity index (χ1n) is 18.3. The van der Waals surface area contributed by atoms with E-state index in [0.29, 0.717) is 0 Å². The average molecular weight is 707 g/mol. The molecule has 10 aromatic rings. The van der Waals surface area contributed by atoms with Crippen molar-refractivity contribution >= 4 is 60.2 Å². The second-order valence-electron chi connectivity index (χ2n) is 13.7. The Morgan fingerprint density at radius 1 is 0.352 bits per heavy atom. The van der Waals surface area contributed by atoms with Crippen LogP contribution in [0.4, 0.5) is 17.1 Å². The number of aromatic nitrogens is 1. The first-order valence-corrected chi connectivity index (χ1v) is 19.1. The minimum Gasteiger partial charge on any atom is -0.311 e. The number of hydrogen-bond acceptors (Lipinski definition) is 3. The van der Waals surface area contributed by atoms with Crippen LogP contribution in [0.5, 0.6) is 0 Å². The van der Waals surface area contributed by atoms with Crippen molar-refractivity contribution in [3.05, 3.63) is 206 Å². The lowest BCUT2D eigenvalue weighted by molar-refractivity contribution is 1.28. The highest BCUT2D eigenvalue weighted by Gasteiger charge is 2.15. The number of rotatable bonds is 7. The molecule has 2 aromatic heterocycles. The molecule has 0 aliphatic heterocycles. The van der Waals surface area contributed by atoms with Gasteiger partial charge in [-0.25, -0.2) is 4.98 Å². The molecule has 0 aliphatic rings. The molecule has 0 bridgehead atoms. The number of nitrogens with zero attached hydrogens (tertiary/aromatic N) is 2. The molecule has 3 heteroatoms. The number of benzene rings is 8. The van der Waals surface area contributed by atoms with Gasteiger partial charge in [-0.2, -0.15) is 0 Å². The largest absolute Gasteiger partial charge is 0.311 e. The van der Waals surface area contributed by atoms with E-state index < -0.39 is 0 Å². The Balaban J connectivity index is 0.981. The summed E-state index contributed by atoms with van der Waals surface area (Å²) in [5.74, 6) is 0. The van der Waals surface area contributed by atoms with Crippen LogP contribution in [0.2, 0.25) is 0 Å². The van der Waals surface area contributed by atoms with E-state index in [9.17, 15) is 0 Å². The molecule has 0 saturated heterocycles. The van der Waals surface area contributed by atoms with E-state index in [1.807, 2.05) is 12.3 Å². The molecule has 0 spiro atoms. The molecule has 10 rings (SSSR count). The summed E-state index contributed by atoms with van der Waals surface area (Å²) in [5.41, 5.74) is 12.9. The van der Waals surface area contributed by atoms with Gasteiger partial charge in [0.25, 0.3) is 0 Å². The van der Waals surface area contributed by atoms with E-state index >= 15 is 0 Å². The van der Waals surface area contributed by atoms with Crippen LogP contribution in [0.25, 0.3) is 76.3 Å². The summed E-state index contributed by atoms with van der Waals surface area (Å²) in [6.07, 6.45) is 1.86. The summed E-state index contributed by atoms with van der Waals surface area (Å²) in [5, 5.41) is 8.43.